The number of rotatable bonds is 1. The van der Waals surface area contributed by atoms with Gasteiger partial charge in [-0.1, -0.05) is 29.8 Å². The van der Waals surface area contributed by atoms with Gasteiger partial charge in [-0.15, -0.1) is 0 Å². The molecule has 0 spiro atoms. The zero-order valence-electron chi connectivity index (χ0n) is 8.96. The van der Waals surface area contributed by atoms with E-state index >= 15 is 0 Å². The van der Waals surface area contributed by atoms with Crippen molar-refractivity contribution in [1.29, 1.82) is 0 Å². The molecule has 0 amide bonds. The van der Waals surface area contributed by atoms with Gasteiger partial charge in [-0.25, -0.2) is 0 Å². The summed E-state index contributed by atoms with van der Waals surface area (Å²) in [6.45, 7) is 4.72. The Kier molecular flexibility index (Phi) is 1.58. The number of hydrogen-bond donors (Lipinski definition) is 0. The fourth-order valence-corrected chi connectivity index (χ4v) is 3.07. The van der Waals surface area contributed by atoms with E-state index in [1.165, 1.54) is 25.1 Å². The molecule has 0 N–H and O–H groups in total. The quantitative estimate of drug-likeness (QED) is 0.651. The molecule has 1 aromatic rings. The van der Waals surface area contributed by atoms with Gasteiger partial charge in [0.1, 0.15) is 0 Å². The highest BCUT2D eigenvalue weighted by Crippen LogP contribution is 2.58. The van der Waals surface area contributed by atoms with Crippen molar-refractivity contribution >= 4 is 0 Å². The molecule has 2 aliphatic rings. The first-order valence-electron chi connectivity index (χ1n) is 5.46. The lowest BCUT2D eigenvalue weighted by molar-refractivity contribution is 0.363. The summed E-state index contributed by atoms with van der Waals surface area (Å²) in [7, 11) is 2.24. The van der Waals surface area contributed by atoms with Gasteiger partial charge in [0.05, 0.1) is 0 Å². The summed E-state index contributed by atoms with van der Waals surface area (Å²) in [6, 6.07) is 9.15. The molecule has 1 aromatic carbocycles. The smallest absolute Gasteiger partial charge is 0.0124 e. The van der Waals surface area contributed by atoms with E-state index in [0.717, 1.165) is 5.92 Å². The van der Waals surface area contributed by atoms with Gasteiger partial charge in [0, 0.05) is 18.5 Å². The van der Waals surface area contributed by atoms with Gasteiger partial charge in [0.15, 0.2) is 0 Å². The average Bonchev–Trinajstić information content (AvgIpc) is 2.71. The summed E-state index contributed by atoms with van der Waals surface area (Å²) in [5.74, 6) is 0.940. The molecule has 14 heavy (non-hydrogen) atoms. The second-order valence-electron chi connectivity index (χ2n) is 5.12. The van der Waals surface area contributed by atoms with Crippen LogP contribution in [0.4, 0.5) is 0 Å². The summed E-state index contributed by atoms with van der Waals surface area (Å²) < 4.78 is 0. The van der Waals surface area contributed by atoms with Crippen molar-refractivity contribution in [2.24, 2.45) is 5.92 Å². The monoisotopic (exact) mass is 187 g/mol. The lowest BCUT2D eigenvalue weighted by Crippen LogP contribution is -2.22. The normalized spacial score (nSPS) is 35.7. The third kappa shape index (κ3) is 1.05. The van der Waals surface area contributed by atoms with Crippen LogP contribution >= 0.6 is 0 Å². The molecular weight excluding hydrogens is 170 g/mol. The van der Waals surface area contributed by atoms with Crippen LogP contribution in [0.5, 0.6) is 0 Å². The molecule has 74 valence electrons. The Hall–Kier alpha value is -0.820. The molecule has 1 heteroatoms. The Balaban J connectivity index is 1.93. The third-order valence-electron chi connectivity index (χ3n) is 3.94. The lowest BCUT2D eigenvalue weighted by atomic mass is 9.94. The van der Waals surface area contributed by atoms with Crippen LogP contribution in [0.15, 0.2) is 24.3 Å². The van der Waals surface area contributed by atoms with E-state index in [-0.39, 0.29) is 0 Å². The standard InChI is InChI=1S/C13H17N/c1-10-3-5-11(6-4-10)13-7-12(13)8-14(2)9-13/h3-6,12H,7-9H2,1-2H3/t12-,13+/m1/s1. The van der Waals surface area contributed by atoms with Gasteiger partial charge in [-0.05, 0) is 31.9 Å². The van der Waals surface area contributed by atoms with E-state index < -0.39 is 0 Å². The van der Waals surface area contributed by atoms with Crippen LogP contribution in [0.1, 0.15) is 17.5 Å². The van der Waals surface area contributed by atoms with Crippen LogP contribution < -0.4 is 0 Å². The van der Waals surface area contributed by atoms with Gasteiger partial charge in [-0.3, -0.25) is 0 Å². The van der Waals surface area contributed by atoms with Crippen LogP contribution in [-0.4, -0.2) is 25.0 Å². The molecule has 0 unspecified atom stereocenters. The average molecular weight is 187 g/mol. The summed E-state index contributed by atoms with van der Waals surface area (Å²) in [4.78, 5) is 2.47. The Bertz CT molecular complexity index is 354. The maximum absolute atomic E-state index is 2.47. The van der Waals surface area contributed by atoms with Crippen molar-refractivity contribution in [2.45, 2.75) is 18.8 Å². The number of benzene rings is 1. The summed E-state index contributed by atoms with van der Waals surface area (Å²) in [6.07, 6.45) is 1.42. The third-order valence-corrected chi connectivity index (χ3v) is 3.94. The predicted molar refractivity (Wildman–Crippen MR) is 58.5 cm³/mol. The fraction of sp³-hybridized carbons (Fsp3) is 0.538. The molecule has 1 aliphatic heterocycles. The molecule has 0 radical (unpaired) electrons. The van der Waals surface area contributed by atoms with E-state index in [2.05, 4.69) is 43.1 Å². The number of aryl methyl sites for hydroxylation is 1. The molecule has 1 saturated heterocycles. The van der Waals surface area contributed by atoms with E-state index in [4.69, 9.17) is 0 Å². The van der Waals surface area contributed by atoms with Crippen molar-refractivity contribution in [3.05, 3.63) is 35.4 Å². The second-order valence-corrected chi connectivity index (χ2v) is 5.12. The van der Waals surface area contributed by atoms with Gasteiger partial charge in [0.2, 0.25) is 0 Å². The van der Waals surface area contributed by atoms with E-state index in [9.17, 15) is 0 Å². The minimum Gasteiger partial charge on any atom is -0.305 e. The Morgan fingerprint density at radius 2 is 2.00 bits per heavy atom. The SMILES string of the molecule is Cc1ccc([C@@]23C[C@@H]2CN(C)C3)cc1. The molecule has 1 nitrogen and oxygen atoms in total. The van der Waals surface area contributed by atoms with Crippen LogP contribution in [0.2, 0.25) is 0 Å². The first-order chi connectivity index (χ1) is 6.71. The highest BCUT2D eigenvalue weighted by molar-refractivity contribution is 5.38. The van der Waals surface area contributed by atoms with Crippen molar-refractivity contribution in [2.75, 3.05) is 20.1 Å². The summed E-state index contributed by atoms with van der Waals surface area (Å²) in [5, 5.41) is 0. The summed E-state index contributed by atoms with van der Waals surface area (Å²) in [5.41, 5.74) is 3.48. The molecule has 2 fully saturated rings. The minimum atomic E-state index is 0.544. The zero-order valence-corrected chi connectivity index (χ0v) is 8.96. The predicted octanol–water partition coefficient (Wildman–Crippen LogP) is 2.20. The second kappa shape index (κ2) is 2.60. The van der Waals surface area contributed by atoms with E-state index in [1.807, 2.05) is 0 Å². The topological polar surface area (TPSA) is 3.24 Å². The van der Waals surface area contributed by atoms with Gasteiger partial charge in [0.25, 0.3) is 0 Å². The van der Waals surface area contributed by atoms with Gasteiger partial charge < -0.3 is 4.90 Å². The van der Waals surface area contributed by atoms with E-state index in [1.54, 1.807) is 5.56 Å². The first kappa shape index (κ1) is 8.49. The molecule has 1 heterocycles. The molecule has 1 aliphatic carbocycles. The lowest BCUT2D eigenvalue weighted by Gasteiger charge is -2.16. The molecule has 3 rings (SSSR count). The van der Waals surface area contributed by atoms with Crippen molar-refractivity contribution in [3.8, 4) is 0 Å². The number of fused-ring (bicyclic) bond motifs is 1. The van der Waals surface area contributed by atoms with Gasteiger partial charge in [-0.2, -0.15) is 0 Å². The molecule has 2 atom stereocenters. The van der Waals surface area contributed by atoms with Gasteiger partial charge >= 0.3 is 0 Å². The fourth-order valence-electron chi connectivity index (χ4n) is 3.07. The molecule has 1 saturated carbocycles. The molecule has 0 bridgehead atoms. The number of likely N-dealkylation sites (tertiary alicyclic amines) is 1. The number of piperidine rings is 1. The number of hydrogen-bond acceptors (Lipinski definition) is 1. The Morgan fingerprint density at radius 1 is 1.29 bits per heavy atom. The Labute approximate surface area is 85.7 Å². The van der Waals surface area contributed by atoms with Crippen molar-refractivity contribution in [3.63, 3.8) is 0 Å². The first-order valence-corrected chi connectivity index (χ1v) is 5.46. The number of likely N-dealkylation sites (N-methyl/N-ethyl adjacent to an activating group) is 1. The van der Waals surface area contributed by atoms with Crippen LogP contribution in [0, 0.1) is 12.8 Å². The number of nitrogens with zero attached hydrogens (tertiary/aromatic N) is 1. The zero-order chi connectivity index (χ0) is 9.76. The van der Waals surface area contributed by atoms with E-state index in [0.29, 0.717) is 5.41 Å². The largest absolute Gasteiger partial charge is 0.305 e. The van der Waals surface area contributed by atoms with Crippen molar-refractivity contribution in [1.82, 2.24) is 4.90 Å². The van der Waals surface area contributed by atoms with Crippen LogP contribution in [0.3, 0.4) is 0 Å². The maximum atomic E-state index is 2.47. The molecular formula is C13H17N. The van der Waals surface area contributed by atoms with Crippen LogP contribution in [0.25, 0.3) is 0 Å². The highest BCUT2D eigenvalue weighted by atomic mass is 15.2. The van der Waals surface area contributed by atoms with Crippen molar-refractivity contribution < 1.29 is 0 Å². The summed E-state index contributed by atoms with van der Waals surface area (Å²) >= 11 is 0. The Morgan fingerprint density at radius 3 is 2.57 bits per heavy atom. The molecule has 0 aromatic heterocycles. The minimum absolute atomic E-state index is 0.544. The highest BCUT2D eigenvalue weighted by Gasteiger charge is 2.59. The van der Waals surface area contributed by atoms with Crippen LogP contribution in [-0.2, 0) is 5.41 Å². The maximum Gasteiger partial charge on any atom is 0.0124 e.